The van der Waals surface area contributed by atoms with E-state index in [1.54, 1.807) is 11.9 Å². The molecule has 0 bridgehead atoms. The molecule has 0 saturated carbocycles. The summed E-state index contributed by atoms with van der Waals surface area (Å²) in [6.07, 6.45) is 2.27. The highest BCUT2D eigenvalue weighted by atomic mass is 19.1. The van der Waals surface area contributed by atoms with Crippen LogP contribution in [0.3, 0.4) is 0 Å². The standard InChI is InChI=1S/C16H26F2N2/c1-5-11(3)10-20(4)16-14(17)8-12(9-15(16)18)7-13(19)6-2/h8-9,11,13H,5-7,10,19H2,1-4H3. The lowest BCUT2D eigenvalue weighted by Crippen LogP contribution is -2.26. The fraction of sp³-hybridized carbons (Fsp3) is 0.625. The Hall–Kier alpha value is -1.16. The van der Waals surface area contributed by atoms with Gasteiger partial charge in [-0.3, -0.25) is 0 Å². The average Bonchev–Trinajstić information content (AvgIpc) is 2.37. The quantitative estimate of drug-likeness (QED) is 0.826. The van der Waals surface area contributed by atoms with E-state index in [2.05, 4.69) is 13.8 Å². The molecule has 0 amide bonds. The van der Waals surface area contributed by atoms with Gasteiger partial charge in [-0.15, -0.1) is 0 Å². The molecule has 0 saturated heterocycles. The zero-order valence-corrected chi connectivity index (χ0v) is 12.9. The van der Waals surface area contributed by atoms with Crippen molar-refractivity contribution in [3.05, 3.63) is 29.3 Å². The summed E-state index contributed by atoms with van der Waals surface area (Å²) in [7, 11) is 1.73. The van der Waals surface area contributed by atoms with E-state index in [4.69, 9.17) is 5.73 Å². The first-order valence-electron chi connectivity index (χ1n) is 7.33. The first kappa shape index (κ1) is 16.9. The highest BCUT2D eigenvalue weighted by Gasteiger charge is 2.17. The Morgan fingerprint density at radius 1 is 1.15 bits per heavy atom. The third-order valence-electron chi connectivity index (χ3n) is 3.76. The second-order valence-corrected chi connectivity index (χ2v) is 5.67. The van der Waals surface area contributed by atoms with Crippen LogP contribution in [0.25, 0.3) is 0 Å². The van der Waals surface area contributed by atoms with Crippen LogP contribution in [0.1, 0.15) is 39.2 Å². The minimum atomic E-state index is -0.505. The molecule has 0 spiro atoms. The third kappa shape index (κ3) is 4.44. The molecule has 1 rings (SSSR count). The van der Waals surface area contributed by atoms with E-state index in [1.165, 1.54) is 12.1 Å². The van der Waals surface area contributed by atoms with Gasteiger partial charge in [0.2, 0.25) is 0 Å². The van der Waals surface area contributed by atoms with Crippen LogP contribution in [0.15, 0.2) is 12.1 Å². The number of benzene rings is 1. The van der Waals surface area contributed by atoms with Gasteiger partial charge in [0.15, 0.2) is 0 Å². The zero-order valence-electron chi connectivity index (χ0n) is 12.9. The molecule has 0 aromatic heterocycles. The molecule has 2 atom stereocenters. The van der Waals surface area contributed by atoms with Gasteiger partial charge in [-0.2, -0.15) is 0 Å². The van der Waals surface area contributed by atoms with Gasteiger partial charge in [0, 0.05) is 19.6 Å². The maximum Gasteiger partial charge on any atom is 0.149 e. The summed E-state index contributed by atoms with van der Waals surface area (Å²) in [5.74, 6) is -0.616. The van der Waals surface area contributed by atoms with Crippen molar-refractivity contribution in [2.45, 2.75) is 46.1 Å². The number of nitrogens with two attached hydrogens (primary N) is 1. The molecule has 0 radical (unpaired) electrons. The van der Waals surface area contributed by atoms with Crippen LogP contribution in [0, 0.1) is 17.6 Å². The molecule has 0 aliphatic rings. The number of hydrogen-bond acceptors (Lipinski definition) is 2. The summed E-state index contributed by atoms with van der Waals surface area (Å²) in [5.41, 5.74) is 6.51. The lowest BCUT2D eigenvalue weighted by atomic mass is 10.0. The van der Waals surface area contributed by atoms with Gasteiger partial charge in [-0.05, 0) is 36.5 Å². The van der Waals surface area contributed by atoms with E-state index < -0.39 is 11.6 Å². The summed E-state index contributed by atoms with van der Waals surface area (Å²) in [4.78, 5) is 1.66. The fourth-order valence-electron chi connectivity index (χ4n) is 2.24. The minimum Gasteiger partial charge on any atom is -0.370 e. The number of halogens is 2. The molecule has 0 fully saturated rings. The monoisotopic (exact) mass is 284 g/mol. The Morgan fingerprint density at radius 3 is 2.15 bits per heavy atom. The van der Waals surface area contributed by atoms with E-state index in [1.807, 2.05) is 6.92 Å². The van der Waals surface area contributed by atoms with E-state index in [-0.39, 0.29) is 11.7 Å². The lowest BCUT2D eigenvalue weighted by molar-refractivity contribution is 0.531. The van der Waals surface area contributed by atoms with Crippen molar-refractivity contribution >= 4 is 5.69 Å². The third-order valence-corrected chi connectivity index (χ3v) is 3.76. The van der Waals surface area contributed by atoms with Crippen LogP contribution >= 0.6 is 0 Å². The molecule has 1 aromatic carbocycles. The van der Waals surface area contributed by atoms with Crippen molar-refractivity contribution < 1.29 is 8.78 Å². The van der Waals surface area contributed by atoms with Crippen LogP contribution in [0.5, 0.6) is 0 Å². The van der Waals surface area contributed by atoms with Crippen LogP contribution < -0.4 is 10.6 Å². The number of rotatable bonds is 7. The maximum absolute atomic E-state index is 14.1. The zero-order chi connectivity index (χ0) is 15.3. The summed E-state index contributed by atoms with van der Waals surface area (Å²) in [6, 6.07) is 2.75. The second-order valence-electron chi connectivity index (χ2n) is 5.67. The molecule has 1 aromatic rings. The van der Waals surface area contributed by atoms with Crippen molar-refractivity contribution in [1.82, 2.24) is 0 Å². The molecule has 2 nitrogen and oxygen atoms in total. The molecule has 0 heterocycles. The lowest BCUT2D eigenvalue weighted by Gasteiger charge is -2.24. The van der Waals surface area contributed by atoms with Crippen molar-refractivity contribution in [2.75, 3.05) is 18.5 Å². The van der Waals surface area contributed by atoms with Crippen LogP contribution in [0.4, 0.5) is 14.5 Å². The fourth-order valence-corrected chi connectivity index (χ4v) is 2.24. The predicted octanol–water partition coefficient (Wildman–Crippen LogP) is 3.73. The smallest absolute Gasteiger partial charge is 0.149 e. The first-order valence-corrected chi connectivity index (χ1v) is 7.33. The van der Waals surface area contributed by atoms with Gasteiger partial charge in [-0.25, -0.2) is 8.78 Å². The van der Waals surface area contributed by atoms with Gasteiger partial charge in [0.25, 0.3) is 0 Å². The van der Waals surface area contributed by atoms with E-state index >= 15 is 0 Å². The highest BCUT2D eigenvalue weighted by Crippen LogP contribution is 2.25. The predicted molar refractivity (Wildman–Crippen MR) is 81.1 cm³/mol. The molecule has 20 heavy (non-hydrogen) atoms. The Labute approximate surface area is 121 Å². The molecular formula is C16H26F2N2. The normalized spacial score (nSPS) is 14.2. The minimum absolute atomic E-state index is 0.0547. The summed E-state index contributed by atoms with van der Waals surface area (Å²) in [6.45, 7) is 6.74. The van der Waals surface area contributed by atoms with Crippen molar-refractivity contribution in [2.24, 2.45) is 11.7 Å². The number of nitrogens with zero attached hydrogens (tertiary/aromatic N) is 1. The Morgan fingerprint density at radius 2 is 1.70 bits per heavy atom. The molecule has 0 aliphatic heterocycles. The second kappa shape index (κ2) is 7.58. The molecule has 114 valence electrons. The van der Waals surface area contributed by atoms with Gasteiger partial charge in [-0.1, -0.05) is 27.2 Å². The highest BCUT2D eigenvalue weighted by molar-refractivity contribution is 5.50. The number of hydrogen-bond donors (Lipinski definition) is 1. The van der Waals surface area contributed by atoms with Crippen LogP contribution in [-0.2, 0) is 6.42 Å². The molecule has 2 N–H and O–H groups in total. The topological polar surface area (TPSA) is 29.3 Å². The van der Waals surface area contributed by atoms with Crippen molar-refractivity contribution in [3.63, 3.8) is 0 Å². The van der Waals surface area contributed by atoms with Gasteiger partial charge >= 0.3 is 0 Å². The summed E-state index contributed by atoms with van der Waals surface area (Å²) in [5, 5.41) is 0. The number of anilines is 1. The SMILES string of the molecule is CCC(C)CN(C)c1c(F)cc(CC(N)CC)cc1F. The maximum atomic E-state index is 14.1. The van der Waals surface area contributed by atoms with Crippen molar-refractivity contribution in [3.8, 4) is 0 Å². The summed E-state index contributed by atoms with van der Waals surface area (Å²) < 4.78 is 28.3. The van der Waals surface area contributed by atoms with E-state index in [0.29, 0.717) is 24.4 Å². The molecule has 4 heteroatoms. The Bertz CT molecular complexity index is 411. The Balaban J connectivity index is 2.93. The van der Waals surface area contributed by atoms with Crippen LogP contribution in [-0.4, -0.2) is 19.6 Å². The van der Waals surface area contributed by atoms with Crippen LogP contribution in [0.2, 0.25) is 0 Å². The molecule has 0 aliphatic carbocycles. The largest absolute Gasteiger partial charge is 0.370 e. The average molecular weight is 284 g/mol. The van der Waals surface area contributed by atoms with Gasteiger partial charge in [0.1, 0.15) is 17.3 Å². The molecule has 2 unspecified atom stereocenters. The van der Waals surface area contributed by atoms with Gasteiger partial charge < -0.3 is 10.6 Å². The Kier molecular flexibility index (Phi) is 6.40. The van der Waals surface area contributed by atoms with E-state index in [0.717, 1.165) is 12.8 Å². The van der Waals surface area contributed by atoms with Gasteiger partial charge in [0.05, 0.1) is 0 Å². The summed E-state index contributed by atoms with van der Waals surface area (Å²) >= 11 is 0. The first-order chi connectivity index (χ1) is 9.38. The molecular weight excluding hydrogens is 258 g/mol. The van der Waals surface area contributed by atoms with E-state index in [9.17, 15) is 8.78 Å². The van der Waals surface area contributed by atoms with Crippen molar-refractivity contribution in [1.29, 1.82) is 0 Å².